The molecule has 5 heteroatoms. The molecule has 1 fully saturated rings. The van der Waals surface area contributed by atoms with Gasteiger partial charge in [0.25, 0.3) is 5.91 Å². The highest BCUT2D eigenvalue weighted by molar-refractivity contribution is 7.09. The van der Waals surface area contributed by atoms with E-state index in [4.69, 9.17) is 4.74 Å². The lowest BCUT2D eigenvalue weighted by Gasteiger charge is -2.07. The lowest BCUT2D eigenvalue weighted by atomic mass is 10.2. The number of amides is 1. The van der Waals surface area contributed by atoms with Gasteiger partial charge >= 0.3 is 0 Å². The predicted molar refractivity (Wildman–Crippen MR) is 103 cm³/mol. The highest BCUT2D eigenvalue weighted by Crippen LogP contribution is 2.40. The largest absolute Gasteiger partial charge is 0.457 e. The van der Waals surface area contributed by atoms with Gasteiger partial charge in [0.15, 0.2) is 0 Å². The van der Waals surface area contributed by atoms with Gasteiger partial charge in [-0.15, -0.1) is 11.3 Å². The fraction of sp³-hybridized carbons (Fsp3) is 0.238. The van der Waals surface area contributed by atoms with Crippen LogP contribution in [-0.4, -0.2) is 17.4 Å². The van der Waals surface area contributed by atoms with Crippen LogP contribution in [0, 0.1) is 0 Å². The van der Waals surface area contributed by atoms with Crippen molar-refractivity contribution < 1.29 is 9.53 Å². The Morgan fingerprint density at radius 1 is 1.08 bits per heavy atom. The third-order valence-corrected chi connectivity index (χ3v) is 5.21. The van der Waals surface area contributed by atoms with Gasteiger partial charge in [-0.3, -0.25) is 4.79 Å². The summed E-state index contributed by atoms with van der Waals surface area (Å²) in [6.07, 6.45) is 3.31. The molecule has 0 unspecified atom stereocenters. The third kappa shape index (κ3) is 4.29. The number of hydrogen-bond acceptors (Lipinski definition) is 4. The van der Waals surface area contributed by atoms with E-state index < -0.39 is 0 Å². The minimum Gasteiger partial charge on any atom is -0.457 e. The molecule has 1 aliphatic rings. The van der Waals surface area contributed by atoms with Crippen molar-refractivity contribution in [1.29, 1.82) is 0 Å². The molecule has 0 radical (unpaired) electrons. The van der Waals surface area contributed by atoms with Crippen molar-refractivity contribution in [3.63, 3.8) is 0 Å². The van der Waals surface area contributed by atoms with E-state index in [0.717, 1.165) is 17.2 Å². The Balaban J connectivity index is 1.27. The first kappa shape index (κ1) is 16.8. The summed E-state index contributed by atoms with van der Waals surface area (Å²) in [7, 11) is 0. The van der Waals surface area contributed by atoms with Crippen LogP contribution in [0.4, 0.5) is 0 Å². The van der Waals surface area contributed by atoms with Crippen molar-refractivity contribution >= 4 is 17.2 Å². The quantitative estimate of drug-likeness (QED) is 0.656. The number of rotatable bonds is 7. The van der Waals surface area contributed by atoms with E-state index in [2.05, 4.69) is 15.7 Å². The molecule has 0 bridgehead atoms. The van der Waals surface area contributed by atoms with Crippen molar-refractivity contribution in [2.24, 2.45) is 0 Å². The zero-order valence-electron chi connectivity index (χ0n) is 14.4. The molecular formula is C21H20N2O2S. The topological polar surface area (TPSA) is 51.2 Å². The van der Waals surface area contributed by atoms with Crippen LogP contribution in [0.1, 0.15) is 39.8 Å². The average Bonchev–Trinajstić information content (AvgIpc) is 3.42. The Kier molecular flexibility index (Phi) is 4.97. The van der Waals surface area contributed by atoms with Gasteiger partial charge in [-0.05, 0) is 49.2 Å². The van der Waals surface area contributed by atoms with Crippen molar-refractivity contribution in [3.05, 3.63) is 76.2 Å². The highest BCUT2D eigenvalue weighted by atomic mass is 32.1. The Labute approximate surface area is 156 Å². The normalized spacial score (nSPS) is 13.4. The van der Waals surface area contributed by atoms with E-state index in [1.165, 1.54) is 18.5 Å². The Morgan fingerprint density at radius 2 is 1.81 bits per heavy atom. The number of carbonyl (C=O) groups is 1. The first-order chi connectivity index (χ1) is 12.8. The summed E-state index contributed by atoms with van der Waals surface area (Å²) in [5, 5.41) is 6.21. The van der Waals surface area contributed by atoms with Crippen molar-refractivity contribution in [2.75, 3.05) is 6.54 Å². The first-order valence-corrected chi connectivity index (χ1v) is 9.71. The van der Waals surface area contributed by atoms with Gasteiger partial charge in [-0.1, -0.05) is 18.2 Å². The number of ether oxygens (including phenoxy) is 1. The highest BCUT2D eigenvalue weighted by Gasteiger charge is 2.25. The summed E-state index contributed by atoms with van der Waals surface area (Å²) in [6.45, 7) is 0.596. The minimum absolute atomic E-state index is 0.0739. The van der Waals surface area contributed by atoms with Gasteiger partial charge in [0.05, 0.1) is 10.7 Å². The summed E-state index contributed by atoms with van der Waals surface area (Å²) in [5.41, 5.74) is 1.86. The van der Waals surface area contributed by atoms with Gasteiger partial charge in [-0.2, -0.15) is 0 Å². The standard InChI is InChI=1S/C21H20N2O2S/c24-21(22-13-12-20-23-19(14-26-20)15-6-7-15)16-8-10-18(11-9-16)25-17-4-2-1-3-5-17/h1-5,8-11,14-15H,6-7,12-13H2,(H,22,24). The molecule has 26 heavy (non-hydrogen) atoms. The average molecular weight is 364 g/mol. The maximum absolute atomic E-state index is 12.3. The minimum atomic E-state index is -0.0739. The zero-order chi connectivity index (χ0) is 17.8. The number of para-hydroxylation sites is 1. The van der Waals surface area contributed by atoms with Gasteiger partial charge in [0.2, 0.25) is 0 Å². The summed E-state index contributed by atoms with van der Waals surface area (Å²) in [5.74, 6) is 2.10. The number of aromatic nitrogens is 1. The van der Waals surface area contributed by atoms with E-state index in [9.17, 15) is 4.79 Å². The Hall–Kier alpha value is -2.66. The molecule has 4 rings (SSSR count). The Bertz CT molecular complexity index is 871. The van der Waals surface area contributed by atoms with Crippen LogP contribution in [0.5, 0.6) is 11.5 Å². The maximum Gasteiger partial charge on any atom is 0.251 e. The lowest BCUT2D eigenvalue weighted by molar-refractivity contribution is 0.0954. The fourth-order valence-electron chi connectivity index (χ4n) is 2.69. The number of benzene rings is 2. The SMILES string of the molecule is O=C(NCCc1nc(C2CC2)cs1)c1ccc(Oc2ccccc2)cc1. The van der Waals surface area contributed by atoms with Crippen LogP contribution in [0.3, 0.4) is 0 Å². The van der Waals surface area contributed by atoms with Crippen LogP contribution < -0.4 is 10.1 Å². The van der Waals surface area contributed by atoms with Crippen LogP contribution >= 0.6 is 11.3 Å². The number of thiazole rings is 1. The summed E-state index contributed by atoms with van der Waals surface area (Å²) >= 11 is 1.69. The van der Waals surface area contributed by atoms with Gasteiger partial charge in [-0.25, -0.2) is 4.98 Å². The number of nitrogens with zero attached hydrogens (tertiary/aromatic N) is 1. The molecule has 2 aromatic carbocycles. The van der Waals surface area contributed by atoms with E-state index in [1.807, 2.05) is 42.5 Å². The monoisotopic (exact) mass is 364 g/mol. The molecule has 3 aromatic rings. The molecule has 4 nitrogen and oxygen atoms in total. The molecule has 1 amide bonds. The van der Waals surface area contributed by atoms with Crippen molar-refractivity contribution in [2.45, 2.75) is 25.2 Å². The molecule has 0 spiro atoms. The van der Waals surface area contributed by atoms with Crippen molar-refractivity contribution in [3.8, 4) is 11.5 Å². The molecule has 1 N–H and O–H groups in total. The molecular weight excluding hydrogens is 344 g/mol. The van der Waals surface area contributed by atoms with Crippen LogP contribution in [0.25, 0.3) is 0 Å². The number of nitrogens with one attached hydrogen (secondary N) is 1. The van der Waals surface area contributed by atoms with E-state index in [1.54, 1.807) is 23.5 Å². The fourth-order valence-corrected chi connectivity index (χ4v) is 3.57. The van der Waals surface area contributed by atoms with E-state index in [0.29, 0.717) is 23.8 Å². The van der Waals surface area contributed by atoms with E-state index in [-0.39, 0.29) is 5.91 Å². The number of carbonyl (C=O) groups excluding carboxylic acids is 1. The lowest BCUT2D eigenvalue weighted by Crippen LogP contribution is -2.25. The van der Waals surface area contributed by atoms with Gasteiger partial charge in [0.1, 0.15) is 11.5 Å². The summed E-state index contributed by atoms with van der Waals surface area (Å²) < 4.78 is 5.74. The third-order valence-electron chi connectivity index (χ3n) is 4.28. The smallest absolute Gasteiger partial charge is 0.251 e. The molecule has 0 atom stereocenters. The van der Waals surface area contributed by atoms with Gasteiger partial charge < -0.3 is 10.1 Å². The van der Waals surface area contributed by atoms with Crippen LogP contribution in [0.2, 0.25) is 0 Å². The van der Waals surface area contributed by atoms with Gasteiger partial charge in [0, 0.05) is 29.8 Å². The zero-order valence-corrected chi connectivity index (χ0v) is 15.2. The molecule has 1 heterocycles. The molecule has 0 aliphatic heterocycles. The second-order valence-electron chi connectivity index (χ2n) is 6.39. The second-order valence-corrected chi connectivity index (χ2v) is 7.33. The maximum atomic E-state index is 12.3. The molecule has 1 aromatic heterocycles. The summed E-state index contributed by atoms with van der Waals surface area (Å²) in [4.78, 5) is 16.9. The van der Waals surface area contributed by atoms with Crippen molar-refractivity contribution in [1.82, 2.24) is 10.3 Å². The van der Waals surface area contributed by atoms with E-state index >= 15 is 0 Å². The predicted octanol–water partition coefficient (Wildman–Crippen LogP) is 4.79. The molecule has 1 saturated carbocycles. The first-order valence-electron chi connectivity index (χ1n) is 8.83. The molecule has 132 valence electrons. The molecule has 0 saturated heterocycles. The Morgan fingerprint density at radius 3 is 2.54 bits per heavy atom. The molecule has 1 aliphatic carbocycles. The van der Waals surface area contributed by atoms with Crippen LogP contribution in [0.15, 0.2) is 60.0 Å². The van der Waals surface area contributed by atoms with Crippen LogP contribution in [-0.2, 0) is 6.42 Å². The number of hydrogen-bond donors (Lipinski definition) is 1. The second kappa shape index (κ2) is 7.70. The summed E-state index contributed by atoms with van der Waals surface area (Å²) in [6, 6.07) is 16.8.